The topological polar surface area (TPSA) is 60.9 Å². The van der Waals surface area contributed by atoms with Crippen LogP contribution in [0, 0.1) is 0 Å². The first-order valence-corrected chi connectivity index (χ1v) is 10.2. The molecule has 142 valence electrons. The van der Waals surface area contributed by atoms with E-state index in [1.54, 1.807) is 22.9 Å². The second kappa shape index (κ2) is 7.56. The molecule has 0 radical (unpaired) electrons. The number of hydrogen-bond acceptors (Lipinski definition) is 4. The van der Waals surface area contributed by atoms with Crippen LogP contribution in [0.15, 0.2) is 12.1 Å². The van der Waals surface area contributed by atoms with Gasteiger partial charge in [0.25, 0.3) is 5.91 Å². The summed E-state index contributed by atoms with van der Waals surface area (Å²) in [6, 6.07) is 3.33. The standard InChI is InChI=1S/C18H24ClN3O3S/c1-3-21(11-13-7-8-14(19)26-13)15(23)12-22-16(24)18(20(2)17(22)25)9-5-4-6-10-18/h7-8H,3-6,9-12H2,1-2H3. The van der Waals surface area contributed by atoms with Crippen LogP contribution in [0.25, 0.3) is 0 Å². The SMILES string of the molecule is CCN(Cc1ccc(Cl)s1)C(=O)CN1C(=O)N(C)C2(CCCCC2)C1=O. The molecule has 6 nitrogen and oxygen atoms in total. The van der Waals surface area contributed by atoms with Gasteiger partial charge in [0.05, 0.1) is 10.9 Å². The van der Waals surface area contributed by atoms with Gasteiger partial charge in [-0.25, -0.2) is 4.79 Å². The van der Waals surface area contributed by atoms with Gasteiger partial charge in [-0.1, -0.05) is 30.9 Å². The Morgan fingerprint density at radius 1 is 1.27 bits per heavy atom. The molecule has 8 heteroatoms. The van der Waals surface area contributed by atoms with Gasteiger partial charge in [-0.3, -0.25) is 14.5 Å². The number of halogens is 1. The molecule has 1 aromatic heterocycles. The lowest BCUT2D eigenvalue weighted by atomic mass is 9.81. The van der Waals surface area contributed by atoms with Gasteiger partial charge in [-0.05, 0) is 31.9 Å². The van der Waals surface area contributed by atoms with Crippen LogP contribution in [0.4, 0.5) is 4.79 Å². The zero-order valence-electron chi connectivity index (χ0n) is 15.2. The van der Waals surface area contributed by atoms with Crippen LogP contribution in [0.2, 0.25) is 4.34 Å². The molecule has 1 aromatic rings. The van der Waals surface area contributed by atoms with Gasteiger partial charge in [0.1, 0.15) is 12.1 Å². The summed E-state index contributed by atoms with van der Waals surface area (Å²) in [6.45, 7) is 2.63. The number of carbonyl (C=O) groups is 3. The molecule has 3 rings (SSSR count). The lowest BCUT2D eigenvalue weighted by molar-refractivity contribution is -0.140. The number of nitrogens with zero attached hydrogens (tertiary/aromatic N) is 3. The molecule has 1 aliphatic heterocycles. The smallest absolute Gasteiger partial charge is 0.327 e. The van der Waals surface area contributed by atoms with Crippen molar-refractivity contribution in [2.75, 3.05) is 20.1 Å². The first kappa shape index (κ1) is 19.2. The van der Waals surface area contributed by atoms with E-state index in [1.165, 1.54) is 11.3 Å². The van der Waals surface area contributed by atoms with E-state index in [0.717, 1.165) is 29.0 Å². The van der Waals surface area contributed by atoms with Crippen molar-refractivity contribution in [3.8, 4) is 0 Å². The lowest BCUT2D eigenvalue weighted by Gasteiger charge is -2.35. The van der Waals surface area contributed by atoms with Crippen molar-refractivity contribution in [1.82, 2.24) is 14.7 Å². The average molecular weight is 398 g/mol. The molecule has 2 fully saturated rings. The van der Waals surface area contributed by atoms with Gasteiger partial charge in [0.2, 0.25) is 5.91 Å². The van der Waals surface area contributed by atoms with E-state index < -0.39 is 5.54 Å². The fourth-order valence-electron chi connectivity index (χ4n) is 3.91. The van der Waals surface area contributed by atoms with Crippen molar-refractivity contribution in [1.29, 1.82) is 0 Å². The Labute approximate surface area is 162 Å². The third kappa shape index (κ3) is 3.34. The minimum absolute atomic E-state index is 0.198. The highest BCUT2D eigenvalue weighted by Gasteiger charge is 2.55. The minimum Gasteiger partial charge on any atom is -0.336 e. The summed E-state index contributed by atoms with van der Waals surface area (Å²) in [4.78, 5) is 43.7. The van der Waals surface area contributed by atoms with Crippen molar-refractivity contribution in [2.24, 2.45) is 0 Å². The number of carbonyl (C=O) groups excluding carboxylic acids is 3. The van der Waals surface area contributed by atoms with Gasteiger partial charge < -0.3 is 9.80 Å². The molecule has 2 heterocycles. The molecular formula is C18H24ClN3O3S. The van der Waals surface area contributed by atoms with E-state index in [9.17, 15) is 14.4 Å². The molecule has 0 atom stereocenters. The highest BCUT2D eigenvalue weighted by Crippen LogP contribution is 2.39. The number of likely N-dealkylation sites (N-methyl/N-ethyl adjacent to an activating group) is 2. The number of amides is 4. The Kier molecular flexibility index (Phi) is 5.58. The Balaban J connectivity index is 1.71. The summed E-state index contributed by atoms with van der Waals surface area (Å²) in [6.07, 6.45) is 4.33. The third-order valence-electron chi connectivity index (χ3n) is 5.49. The Morgan fingerprint density at radius 3 is 2.54 bits per heavy atom. The summed E-state index contributed by atoms with van der Waals surface area (Å²) >= 11 is 7.38. The molecule has 4 amide bonds. The first-order valence-electron chi connectivity index (χ1n) is 9.01. The predicted octanol–water partition coefficient (Wildman–Crippen LogP) is 3.35. The second-order valence-electron chi connectivity index (χ2n) is 6.94. The average Bonchev–Trinajstić information content (AvgIpc) is 3.12. The highest BCUT2D eigenvalue weighted by molar-refractivity contribution is 7.16. The summed E-state index contributed by atoms with van der Waals surface area (Å²) in [5.41, 5.74) is -0.742. The molecule has 1 saturated heterocycles. The van der Waals surface area contributed by atoms with E-state index in [4.69, 9.17) is 11.6 Å². The molecule has 0 bridgehead atoms. The van der Waals surface area contributed by atoms with Crippen LogP contribution in [0.5, 0.6) is 0 Å². The Bertz CT molecular complexity index is 714. The monoisotopic (exact) mass is 397 g/mol. The van der Waals surface area contributed by atoms with Crippen molar-refractivity contribution in [3.63, 3.8) is 0 Å². The van der Waals surface area contributed by atoms with E-state index >= 15 is 0 Å². The summed E-state index contributed by atoms with van der Waals surface area (Å²) in [5, 5.41) is 0. The number of hydrogen-bond donors (Lipinski definition) is 0. The zero-order valence-corrected chi connectivity index (χ0v) is 16.7. The third-order valence-corrected chi connectivity index (χ3v) is 6.70. The Hall–Kier alpha value is -1.60. The lowest BCUT2D eigenvalue weighted by Crippen LogP contribution is -2.49. The summed E-state index contributed by atoms with van der Waals surface area (Å²) < 4.78 is 0.675. The maximum atomic E-state index is 13.0. The number of urea groups is 1. The maximum absolute atomic E-state index is 13.0. The molecule has 0 N–H and O–H groups in total. The quantitative estimate of drug-likeness (QED) is 0.716. The number of rotatable bonds is 5. The van der Waals surface area contributed by atoms with Gasteiger partial charge in [-0.2, -0.15) is 0 Å². The van der Waals surface area contributed by atoms with Crippen molar-refractivity contribution in [2.45, 2.75) is 51.1 Å². The molecule has 0 aromatic carbocycles. The van der Waals surface area contributed by atoms with Gasteiger partial charge in [0, 0.05) is 18.5 Å². The van der Waals surface area contributed by atoms with Crippen LogP contribution in [-0.2, 0) is 16.1 Å². The Morgan fingerprint density at radius 2 is 1.96 bits per heavy atom. The van der Waals surface area contributed by atoms with E-state index in [-0.39, 0.29) is 24.4 Å². The predicted molar refractivity (Wildman–Crippen MR) is 101 cm³/mol. The fourth-order valence-corrected chi connectivity index (χ4v) is 5.01. The maximum Gasteiger partial charge on any atom is 0.327 e. The molecule has 26 heavy (non-hydrogen) atoms. The summed E-state index contributed by atoms with van der Waals surface area (Å²) in [5.74, 6) is -0.437. The van der Waals surface area contributed by atoms with Crippen LogP contribution >= 0.6 is 22.9 Å². The van der Waals surface area contributed by atoms with Gasteiger partial charge in [-0.15, -0.1) is 11.3 Å². The number of thiophene rings is 1. The zero-order chi connectivity index (χ0) is 18.9. The van der Waals surface area contributed by atoms with Crippen LogP contribution < -0.4 is 0 Å². The first-order chi connectivity index (χ1) is 12.4. The van der Waals surface area contributed by atoms with Crippen LogP contribution in [0.1, 0.15) is 43.9 Å². The fraction of sp³-hybridized carbons (Fsp3) is 0.611. The second-order valence-corrected chi connectivity index (χ2v) is 8.74. The van der Waals surface area contributed by atoms with Crippen molar-refractivity contribution < 1.29 is 14.4 Å². The van der Waals surface area contributed by atoms with Crippen molar-refractivity contribution >= 4 is 40.8 Å². The normalized spacial score (nSPS) is 19.5. The van der Waals surface area contributed by atoms with Crippen LogP contribution in [-0.4, -0.2) is 58.2 Å². The molecule has 1 spiro atoms. The summed E-state index contributed by atoms with van der Waals surface area (Å²) in [7, 11) is 1.68. The van der Waals surface area contributed by atoms with E-state index in [0.29, 0.717) is 30.3 Å². The van der Waals surface area contributed by atoms with Gasteiger partial charge >= 0.3 is 6.03 Å². The van der Waals surface area contributed by atoms with E-state index in [2.05, 4.69) is 0 Å². The minimum atomic E-state index is -0.742. The molecule has 1 aliphatic carbocycles. The number of imide groups is 1. The molecular weight excluding hydrogens is 374 g/mol. The molecule has 2 aliphatic rings. The highest BCUT2D eigenvalue weighted by atomic mass is 35.5. The van der Waals surface area contributed by atoms with E-state index in [1.807, 2.05) is 13.0 Å². The largest absolute Gasteiger partial charge is 0.336 e. The molecule has 1 saturated carbocycles. The molecule has 0 unspecified atom stereocenters. The van der Waals surface area contributed by atoms with Gasteiger partial charge in [0.15, 0.2) is 0 Å². The van der Waals surface area contributed by atoms with Crippen molar-refractivity contribution in [3.05, 3.63) is 21.3 Å². The van der Waals surface area contributed by atoms with Crippen LogP contribution in [0.3, 0.4) is 0 Å².